The molecule has 0 radical (unpaired) electrons. The Balaban J connectivity index is 2.09. The number of hydrogen-bond acceptors (Lipinski definition) is 3. The average molecular weight is 208 g/mol. The van der Waals surface area contributed by atoms with Crippen molar-refractivity contribution in [3.63, 3.8) is 0 Å². The highest BCUT2D eigenvalue weighted by molar-refractivity contribution is 4.98. The first kappa shape index (κ1) is 10.6. The lowest BCUT2D eigenvalue weighted by atomic mass is 9.97. The van der Waals surface area contributed by atoms with Gasteiger partial charge < -0.3 is 9.88 Å². The molecule has 0 aromatic carbocycles. The predicted octanol–water partition coefficient (Wildman–Crippen LogP) is 1.40. The maximum absolute atomic E-state index is 4.28. The van der Waals surface area contributed by atoms with Crippen molar-refractivity contribution in [3.8, 4) is 0 Å². The third-order valence-electron chi connectivity index (χ3n) is 2.91. The summed E-state index contributed by atoms with van der Waals surface area (Å²) in [6.45, 7) is 7.71. The molecule has 1 saturated heterocycles. The van der Waals surface area contributed by atoms with E-state index in [0.29, 0.717) is 11.8 Å². The van der Waals surface area contributed by atoms with E-state index >= 15 is 0 Å². The van der Waals surface area contributed by atoms with Gasteiger partial charge in [-0.05, 0) is 31.8 Å². The molecule has 0 atom stereocenters. The Morgan fingerprint density at radius 1 is 1.47 bits per heavy atom. The Bertz CT molecular complexity index is 299. The van der Waals surface area contributed by atoms with Crippen molar-refractivity contribution >= 4 is 0 Å². The Kier molecular flexibility index (Phi) is 3.36. The Hall–Kier alpha value is -0.900. The molecule has 1 aliphatic rings. The minimum Gasteiger partial charge on any atom is -0.317 e. The zero-order chi connectivity index (χ0) is 10.7. The molecule has 0 saturated carbocycles. The summed E-state index contributed by atoms with van der Waals surface area (Å²) in [5.74, 6) is 2.44. The lowest BCUT2D eigenvalue weighted by Gasteiger charge is -2.22. The van der Waals surface area contributed by atoms with Crippen LogP contribution in [0.1, 0.15) is 38.4 Å². The maximum Gasteiger partial charge on any atom is 0.136 e. The van der Waals surface area contributed by atoms with E-state index in [9.17, 15) is 0 Å². The molecule has 0 amide bonds. The lowest BCUT2D eigenvalue weighted by Crippen LogP contribution is -2.28. The Morgan fingerprint density at radius 2 is 2.20 bits per heavy atom. The van der Waals surface area contributed by atoms with Gasteiger partial charge in [0.2, 0.25) is 0 Å². The second-order valence-electron chi connectivity index (χ2n) is 4.76. The molecule has 1 aromatic rings. The normalized spacial score (nSPS) is 18.6. The van der Waals surface area contributed by atoms with Crippen molar-refractivity contribution in [2.75, 3.05) is 13.1 Å². The first-order valence-electron chi connectivity index (χ1n) is 5.86. The number of piperidine rings is 1. The minimum absolute atomic E-state index is 0.604. The zero-order valence-electron chi connectivity index (χ0n) is 9.61. The molecule has 0 unspecified atom stereocenters. The second-order valence-corrected chi connectivity index (χ2v) is 4.76. The van der Waals surface area contributed by atoms with E-state index < -0.39 is 0 Å². The molecule has 4 heteroatoms. The monoisotopic (exact) mass is 208 g/mol. The van der Waals surface area contributed by atoms with Crippen LogP contribution in [0.15, 0.2) is 6.33 Å². The van der Waals surface area contributed by atoms with Gasteiger partial charge in [0.1, 0.15) is 12.2 Å². The van der Waals surface area contributed by atoms with Crippen LogP contribution in [0.4, 0.5) is 0 Å². The average Bonchev–Trinajstić information content (AvgIpc) is 2.66. The van der Waals surface area contributed by atoms with Crippen LogP contribution >= 0.6 is 0 Å². The van der Waals surface area contributed by atoms with Gasteiger partial charge in [0, 0.05) is 12.5 Å². The molecule has 1 aliphatic heterocycles. The van der Waals surface area contributed by atoms with Crippen LogP contribution in [0, 0.1) is 5.92 Å². The number of nitrogens with one attached hydrogen (secondary N) is 1. The van der Waals surface area contributed by atoms with Crippen LogP contribution < -0.4 is 5.32 Å². The SMILES string of the molecule is CC(C)Cn1cnnc1C1CCNCC1. The highest BCUT2D eigenvalue weighted by atomic mass is 15.3. The topological polar surface area (TPSA) is 42.7 Å². The van der Waals surface area contributed by atoms with E-state index in [2.05, 4.69) is 33.9 Å². The molecular weight excluding hydrogens is 188 g/mol. The summed E-state index contributed by atoms with van der Waals surface area (Å²) in [4.78, 5) is 0. The van der Waals surface area contributed by atoms with Crippen LogP contribution in [0.5, 0.6) is 0 Å². The largest absolute Gasteiger partial charge is 0.317 e. The van der Waals surface area contributed by atoms with E-state index in [1.807, 2.05) is 6.33 Å². The Morgan fingerprint density at radius 3 is 2.87 bits per heavy atom. The van der Waals surface area contributed by atoms with Gasteiger partial charge in [-0.15, -0.1) is 10.2 Å². The first-order valence-corrected chi connectivity index (χ1v) is 5.86. The summed E-state index contributed by atoms with van der Waals surface area (Å²) >= 11 is 0. The highest BCUT2D eigenvalue weighted by Crippen LogP contribution is 2.23. The second kappa shape index (κ2) is 4.75. The van der Waals surface area contributed by atoms with Gasteiger partial charge in [-0.25, -0.2) is 0 Å². The molecule has 84 valence electrons. The first-order chi connectivity index (χ1) is 7.27. The molecule has 1 fully saturated rings. The summed E-state index contributed by atoms with van der Waals surface area (Å²) in [6, 6.07) is 0. The van der Waals surface area contributed by atoms with E-state index in [1.54, 1.807) is 0 Å². The number of aromatic nitrogens is 3. The molecule has 2 rings (SSSR count). The molecule has 1 aromatic heterocycles. The van der Waals surface area contributed by atoms with E-state index in [-0.39, 0.29) is 0 Å². The van der Waals surface area contributed by atoms with Gasteiger partial charge in [0.25, 0.3) is 0 Å². The van der Waals surface area contributed by atoms with Gasteiger partial charge in [0.05, 0.1) is 0 Å². The van der Waals surface area contributed by atoms with Crippen molar-refractivity contribution in [3.05, 3.63) is 12.2 Å². The highest BCUT2D eigenvalue weighted by Gasteiger charge is 2.20. The van der Waals surface area contributed by atoms with Crippen LogP contribution in [-0.2, 0) is 6.54 Å². The molecule has 4 nitrogen and oxygen atoms in total. The van der Waals surface area contributed by atoms with Crippen molar-refractivity contribution in [2.45, 2.75) is 39.2 Å². The quantitative estimate of drug-likeness (QED) is 0.816. The van der Waals surface area contributed by atoms with E-state index in [1.165, 1.54) is 18.7 Å². The number of rotatable bonds is 3. The molecule has 0 aliphatic carbocycles. The smallest absolute Gasteiger partial charge is 0.136 e. The summed E-state index contributed by atoms with van der Waals surface area (Å²) in [6.07, 6.45) is 4.25. The zero-order valence-corrected chi connectivity index (χ0v) is 9.61. The van der Waals surface area contributed by atoms with E-state index in [0.717, 1.165) is 19.6 Å². The predicted molar refractivity (Wildman–Crippen MR) is 59.7 cm³/mol. The molecule has 2 heterocycles. The summed E-state index contributed by atoms with van der Waals surface area (Å²) in [5.41, 5.74) is 0. The Labute approximate surface area is 91.1 Å². The standard InChI is InChI=1S/C11H20N4/c1-9(2)7-15-8-13-14-11(15)10-3-5-12-6-4-10/h8-10,12H,3-7H2,1-2H3. The fourth-order valence-corrected chi connectivity index (χ4v) is 2.19. The molecule has 0 bridgehead atoms. The maximum atomic E-state index is 4.28. The van der Waals surface area contributed by atoms with Crippen LogP contribution in [0.3, 0.4) is 0 Å². The van der Waals surface area contributed by atoms with Gasteiger partial charge in [0.15, 0.2) is 0 Å². The van der Waals surface area contributed by atoms with Crippen LogP contribution in [0.25, 0.3) is 0 Å². The van der Waals surface area contributed by atoms with Gasteiger partial charge >= 0.3 is 0 Å². The molecule has 15 heavy (non-hydrogen) atoms. The van der Waals surface area contributed by atoms with Crippen molar-refractivity contribution in [1.29, 1.82) is 0 Å². The molecule has 0 spiro atoms. The van der Waals surface area contributed by atoms with Crippen LogP contribution in [-0.4, -0.2) is 27.9 Å². The minimum atomic E-state index is 0.604. The van der Waals surface area contributed by atoms with Crippen molar-refractivity contribution < 1.29 is 0 Å². The molecule has 1 N–H and O–H groups in total. The summed E-state index contributed by atoms with van der Waals surface area (Å²) < 4.78 is 2.22. The fraction of sp³-hybridized carbons (Fsp3) is 0.818. The van der Waals surface area contributed by atoms with Gasteiger partial charge in [-0.3, -0.25) is 0 Å². The van der Waals surface area contributed by atoms with Crippen LogP contribution in [0.2, 0.25) is 0 Å². The fourth-order valence-electron chi connectivity index (χ4n) is 2.19. The third kappa shape index (κ3) is 2.56. The molecular formula is C11H20N4. The van der Waals surface area contributed by atoms with Crippen molar-refractivity contribution in [1.82, 2.24) is 20.1 Å². The number of hydrogen-bond donors (Lipinski definition) is 1. The third-order valence-corrected chi connectivity index (χ3v) is 2.91. The van der Waals surface area contributed by atoms with Crippen molar-refractivity contribution in [2.24, 2.45) is 5.92 Å². The lowest BCUT2D eigenvalue weighted by molar-refractivity contribution is 0.415. The van der Waals surface area contributed by atoms with E-state index in [4.69, 9.17) is 0 Å². The summed E-state index contributed by atoms with van der Waals surface area (Å²) in [5, 5.41) is 11.7. The summed E-state index contributed by atoms with van der Waals surface area (Å²) in [7, 11) is 0. The van der Waals surface area contributed by atoms with Gasteiger partial charge in [-0.1, -0.05) is 13.8 Å². The number of nitrogens with zero attached hydrogens (tertiary/aromatic N) is 3. The van der Waals surface area contributed by atoms with Gasteiger partial charge in [-0.2, -0.15) is 0 Å².